The lowest BCUT2D eigenvalue weighted by Gasteiger charge is -2.41. The van der Waals surface area contributed by atoms with Gasteiger partial charge in [-0.05, 0) is 43.7 Å². The summed E-state index contributed by atoms with van der Waals surface area (Å²) in [7, 11) is 0. The molecule has 0 spiro atoms. The molecule has 1 amide bonds. The zero-order valence-corrected chi connectivity index (χ0v) is 16.1. The Morgan fingerprint density at radius 1 is 1.11 bits per heavy atom. The minimum absolute atomic E-state index is 0.0569. The summed E-state index contributed by atoms with van der Waals surface area (Å²) in [6.07, 6.45) is 2.80. The standard InChI is InChI=1S/C24H25NO3/c1-16-19-11-5-6-12-21(19)28-22(16)23(26)25-14-17-8-7-13-24(27,20(17)15-25)18-9-3-2-4-10-18/h2-6,9-12,17,20,27H,7-8,13-15H2,1H3/t17-,20+,24+/m0/s1. The summed E-state index contributed by atoms with van der Waals surface area (Å²) in [5.41, 5.74) is 1.76. The molecule has 5 rings (SSSR count). The molecule has 2 aromatic carbocycles. The lowest BCUT2D eigenvalue weighted by Crippen LogP contribution is -2.42. The number of furan rings is 1. The smallest absolute Gasteiger partial charge is 0.289 e. The van der Waals surface area contributed by atoms with Gasteiger partial charge in [-0.25, -0.2) is 0 Å². The quantitative estimate of drug-likeness (QED) is 0.717. The molecule has 1 N–H and O–H groups in total. The van der Waals surface area contributed by atoms with Crippen LogP contribution in [0.5, 0.6) is 0 Å². The number of aliphatic hydroxyl groups is 1. The van der Waals surface area contributed by atoms with Gasteiger partial charge in [0.15, 0.2) is 5.76 Å². The van der Waals surface area contributed by atoms with Crippen molar-refractivity contribution in [1.82, 2.24) is 4.90 Å². The van der Waals surface area contributed by atoms with E-state index in [-0.39, 0.29) is 11.8 Å². The van der Waals surface area contributed by atoms with Crippen LogP contribution in [0.4, 0.5) is 0 Å². The number of benzene rings is 2. The van der Waals surface area contributed by atoms with Gasteiger partial charge in [-0.15, -0.1) is 0 Å². The second-order valence-corrected chi connectivity index (χ2v) is 8.31. The normalized spacial score (nSPS) is 27.1. The topological polar surface area (TPSA) is 53.7 Å². The Labute approximate surface area is 164 Å². The number of fused-ring (bicyclic) bond motifs is 2. The molecule has 2 fully saturated rings. The highest BCUT2D eigenvalue weighted by Crippen LogP contribution is 2.48. The third-order valence-electron chi connectivity index (χ3n) is 6.79. The van der Waals surface area contributed by atoms with Crippen LogP contribution in [0.25, 0.3) is 11.0 Å². The second-order valence-electron chi connectivity index (χ2n) is 8.31. The SMILES string of the molecule is Cc1c(C(=O)N2C[C@@H]3CCC[C@@](O)(c4ccccc4)[C@@H]3C2)oc2ccccc12. The molecule has 2 heterocycles. The molecule has 0 unspecified atom stereocenters. The summed E-state index contributed by atoms with van der Waals surface area (Å²) in [5, 5.41) is 12.6. The van der Waals surface area contributed by atoms with E-state index in [0.29, 0.717) is 24.8 Å². The summed E-state index contributed by atoms with van der Waals surface area (Å²) in [4.78, 5) is 15.2. The van der Waals surface area contributed by atoms with E-state index in [1.54, 1.807) is 0 Å². The molecule has 144 valence electrons. The highest BCUT2D eigenvalue weighted by molar-refractivity contribution is 5.99. The molecule has 3 aromatic rings. The van der Waals surface area contributed by atoms with Gasteiger partial charge < -0.3 is 14.4 Å². The zero-order valence-electron chi connectivity index (χ0n) is 16.1. The van der Waals surface area contributed by atoms with Crippen molar-refractivity contribution in [2.45, 2.75) is 31.8 Å². The average molecular weight is 375 g/mol. The van der Waals surface area contributed by atoms with Crippen molar-refractivity contribution in [2.24, 2.45) is 11.8 Å². The number of carbonyl (C=O) groups is 1. The number of hydrogen-bond acceptors (Lipinski definition) is 3. The van der Waals surface area contributed by atoms with Crippen LogP contribution in [0, 0.1) is 18.8 Å². The third kappa shape index (κ3) is 2.59. The van der Waals surface area contributed by atoms with Gasteiger partial charge in [0.2, 0.25) is 0 Å². The predicted octanol–water partition coefficient (Wildman–Crippen LogP) is 4.50. The molecule has 0 bridgehead atoms. The molecular formula is C24H25NO3. The highest BCUT2D eigenvalue weighted by atomic mass is 16.3. The van der Waals surface area contributed by atoms with Crippen LogP contribution in [0.2, 0.25) is 0 Å². The minimum atomic E-state index is -0.859. The van der Waals surface area contributed by atoms with Crippen molar-refractivity contribution < 1.29 is 14.3 Å². The number of likely N-dealkylation sites (tertiary alicyclic amines) is 1. The van der Waals surface area contributed by atoms with Crippen molar-refractivity contribution in [3.05, 3.63) is 71.5 Å². The number of hydrogen-bond donors (Lipinski definition) is 1. The maximum absolute atomic E-state index is 13.3. The Hall–Kier alpha value is -2.59. The predicted molar refractivity (Wildman–Crippen MR) is 108 cm³/mol. The van der Waals surface area contributed by atoms with E-state index in [1.165, 1.54) is 0 Å². The van der Waals surface area contributed by atoms with E-state index >= 15 is 0 Å². The molecule has 28 heavy (non-hydrogen) atoms. The van der Waals surface area contributed by atoms with Crippen LogP contribution in [0.15, 0.2) is 59.0 Å². The van der Waals surface area contributed by atoms with Crippen LogP contribution in [0.1, 0.15) is 40.9 Å². The number of nitrogens with zero attached hydrogens (tertiary/aromatic N) is 1. The Morgan fingerprint density at radius 3 is 2.64 bits per heavy atom. The van der Waals surface area contributed by atoms with Crippen LogP contribution >= 0.6 is 0 Å². The van der Waals surface area contributed by atoms with E-state index in [1.807, 2.05) is 66.4 Å². The maximum atomic E-state index is 13.3. The van der Waals surface area contributed by atoms with E-state index in [2.05, 4.69) is 0 Å². The summed E-state index contributed by atoms with van der Waals surface area (Å²) in [6.45, 7) is 3.21. The molecule has 0 radical (unpaired) electrons. The number of rotatable bonds is 2. The molecule has 1 saturated carbocycles. The van der Waals surface area contributed by atoms with Gasteiger partial charge in [-0.1, -0.05) is 48.5 Å². The Kier molecular flexibility index (Phi) is 4.06. The van der Waals surface area contributed by atoms with Gasteiger partial charge in [-0.3, -0.25) is 4.79 Å². The molecule has 1 aliphatic carbocycles. The Morgan fingerprint density at radius 2 is 1.86 bits per heavy atom. The van der Waals surface area contributed by atoms with E-state index in [9.17, 15) is 9.90 Å². The maximum Gasteiger partial charge on any atom is 0.289 e. The minimum Gasteiger partial charge on any atom is -0.451 e. The molecule has 2 aliphatic rings. The van der Waals surface area contributed by atoms with Gasteiger partial charge in [0.05, 0.1) is 5.60 Å². The fourth-order valence-corrected chi connectivity index (χ4v) is 5.30. The average Bonchev–Trinajstić information content (AvgIpc) is 3.31. The fourth-order valence-electron chi connectivity index (χ4n) is 5.30. The molecule has 4 heteroatoms. The summed E-state index contributed by atoms with van der Waals surface area (Å²) >= 11 is 0. The lowest BCUT2D eigenvalue weighted by molar-refractivity contribution is -0.0644. The first-order chi connectivity index (χ1) is 13.6. The molecule has 1 aliphatic heterocycles. The van der Waals surface area contributed by atoms with Crippen LogP contribution in [0.3, 0.4) is 0 Å². The van der Waals surface area contributed by atoms with Gasteiger partial charge in [-0.2, -0.15) is 0 Å². The lowest BCUT2D eigenvalue weighted by atomic mass is 9.67. The summed E-state index contributed by atoms with van der Waals surface area (Å²) in [5.74, 6) is 0.770. The summed E-state index contributed by atoms with van der Waals surface area (Å²) < 4.78 is 5.91. The highest BCUT2D eigenvalue weighted by Gasteiger charge is 2.51. The number of carbonyl (C=O) groups excluding carboxylic acids is 1. The van der Waals surface area contributed by atoms with Crippen molar-refractivity contribution in [3.8, 4) is 0 Å². The first kappa shape index (κ1) is 17.5. The largest absolute Gasteiger partial charge is 0.451 e. The van der Waals surface area contributed by atoms with Crippen molar-refractivity contribution in [2.75, 3.05) is 13.1 Å². The summed E-state index contributed by atoms with van der Waals surface area (Å²) in [6, 6.07) is 17.7. The number of amides is 1. The number of para-hydroxylation sites is 1. The van der Waals surface area contributed by atoms with Crippen LogP contribution in [-0.4, -0.2) is 29.0 Å². The van der Waals surface area contributed by atoms with E-state index < -0.39 is 5.60 Å². The molecule has 4 nitrogen and oxygen atoms in total. The first-order valence-electron chi connectivity index (χ1n) is 10.1. The number of aryl methyl sites for hydroxylation is 1. The third-order valence-corrected chi connectivity index (χ3v) is 6.79. The van der Waals surface area contributed by atoms with Crippen LogP contribution < -0.4 is 0 Å². The van der Waals surface area contributed by atoms with Crippen LogP contribution in [-0.2, 0) is 5.60 Å². The molecule has 1 aromatic heterocycles. The van der Waals surface area contributed by atoms with Crippen molar-refractivity contribution in [1.29, 1.82) is 0 Å². The fraction of sp³-hybridized carbons (Fsp3) is 0.375. The molecular weight excluding hydrogens is 350 g/mol. The Balaban J connectivity index is 1.45. The molecule has 1 saturated heterocycles. The van der Waals surface area contributed by atoms with Crippen molar-refractivity contribution in [3.63, 3.8) is 0 Å². The van der Waals surface area contributed by atoms with Gasteiger partial charge >= 0.3 is 0 Å². The molecule has 3 atom stereocenters. The van der Waals surface area contributed by atoms with E-state index in [0.717, 1.165) is 41.4 Å². The van der Waals surface area contributed by atoms with Crippen molar-refractivity contribution >= 4 is 16.9 Å². The van der Waals surface area contributed by atoms with Gasteiger partial charge in [0.25, 0.3) is 5.91 Å². The van der Waals surface area contributed by atoms with Gasteiger partial charge in [0, 0.05) is 30.0 Å². The van der Waals surface area contributed by atoms with E-state index in [4.69, 9.17) is 4.42 Å². The zero-order chi connectivity index (χ0) is 19.3. The van der Waals surface area contributed by atoms with Gasteiger partial charge in [0.1, 0.15) is 5.58 Å². The first-order valence-corrected chi connectivity index (χ1v) is 10.1. The Bertz CT molecular complexity index is 1020. The monoisotopic (exact) mass is 375 g/mol. The second kappa shape index (κ2) is 6.49.